The van der Waals surface area contributed by atoms with Crippen LogP contribution in [-0.4, -0.2) is 20.1 Å². The van der Waals surface area contributed by atoms with Crippen molar-refractivity contribution < 1.29 is 14.3 Å². The third-order valence-electron chi connectivity index (χ3n) is 3.63. The largest absolute Gasteiger partial charge is 0.497 e. The van der Waals surface area contributed by atoms with Gasteiger partial charge in [-0.25, -0.2) is 0 Å². The maximum atomic E-state index is 12.5. The van der Waals surface area contributed by atoms with E-state index < -0.39 is 11.9 Å². The van der Waals surface area contributed by atoms with Gasteiger partial charge in [0.15, 0.2) is 0 Å². The third kappa shape index (κ3) is 4.27. The Labute approximate surface area is 146 Å². The average Bonchev–Trinajstić information content (AvgIpc) is 2.66. The van der Waals surface area contributed by atoms with E-state index in [0.717, 1.165) is 5.56 Å². The fraction of sp³-hybridized carbons (Fsp3) is 0.211. The molecule has 0 heterocycles. The van der Waals surface area contributed by atoms with Crippen LogP contribution in [0.15, 0.2) is 42.5 Å². The second kappa shape index (κ2) is 8.37. The molecule has 0 aliphatic heterocycles. The zero-order valence-electron chi connectivity index (χ0n) is 13.9. The normalized spacial score (nSPS) is 10.9. The van der Waals surface area contributed by atoms with Crippen molar-refractivity contribution >= 4 is 5.91 Å². The van der Waals surface area contributed by atoms with Gasteiger partial charge in [-0.15, -0.1) is 0 Å². The van der Waals surface area contributed by atoms with Gasteiger partial charge in [-0.1, -0.05) is 12.1 Å². The second-order valence-electron chi connectivity index (χ2n) is 5.18. The van der Waals surface area contributed by atoms with E-state index in [1.807, 2.05) is 6.07 Å². The molecule has 0 bridgehead atoms. The van der Waals surface area contributed by atoms with Crippen molar-refractivity contribution in [2.45, 2.75) is 12.5 Å². The lowest BCUT2D eigenvalue weighted by Crippen LogP contribution is -2.28. The van der Waals surface area contributed by atoms with Crippen LogP contribution in [0.3, 0.4) is 0 Å². The lowest BCUT2D eigenvalue weighted by molar-refractivity contribution is 0.0944. The molecule has 126 valence electrons. The number of hydrogen-bond acceptors (Lipinski definition) is 5. The molecule has 25 heavy (non-hydrogen) atoms. The second-order valence-corrected chi connectivity index (χ2v) is 5.18. The standard InChI is InChI=1S/C19H17N3O3/c1-24-15-6-7-16(18(11-15)25-2)17(12-21)22-19(23)14-5-3-4-13(10-14)8-9-20/h3-7,10-11,17H,8H2,1-2H3,(H,22,23). The zero-order valence-corrected chi connectivity index (χ0v) is 13.9. The molecule has 1 atom stereocenters. The summed E-state index contributed by atoms with van der Waals surface area (Å²) < 4.78 is 10.4. The van der Waals surface area contributed by atoms with Crippen molar-refractivity contribution in [3.63, 3.8) is 0 Å². The summed E-state index contributed by atoms with van der Waals surface area (Å²) in [6, 6.07) is 15.0. The molecule has 1 amide bonds. The van der Waals surface area contributed by atoms with Crippen LogP contribution in [0.2, 0.25) is 0 Å². The van der Waals surface area contributed by atoms with E-state index in [4.69, 9.17) is 14.7 Å². The van der Waals surface area contributed by atoms with Crippen LogP contribution in [0.1, 0.15) is 27.5 Å². The van der Waals surface area contributed by atoms with Crippen molar-refractivity contribution in [1.29, 1.82) is 10.5 Å². The quantitative estimate of drug-likeness (QED) is 0.876. The molecule has 6 heteroatoms. The minimum absolute atomic E-state index is 0.217. The molecule has 0 spiro atoms. The smallest absolute Gasteiger partial charge is 0.252 e. The van der Waals surface area contributed by atoms with Gasteiger partial charge in [-0.05, 0) is 29.8 Å². The van der Waals surface area contributed by atoms with E-state index in [2.05, 4.69) is 11.4 Å². The molecular weight excluding hydrogens is 318 g/mol. The number of nitrogens with zero attached hydrogens (tertiary/aromatic N) is 2. The van der Waals surface area contributed by atoms with Crippen LogP contribution in [-0.2, 0) is 6.42 Å². The molecule has 1 N–H and O–H groups in total. The summed E-state index contributed by atoms with van der Waals surface area (Å²) in [5, 5.41) is 20.9. The summed E-state index contributed by atoms with van der Waals surface area (Å²) in [7, 11) is 3.02. The van der Waals surface area contributed by atoms with Crippen LogP contribution in [0.4, 0.5) is 0 Å². The van der Waals surface area contributed by atoms with E-state index in [0.29, 0.717) is 22.6 Å². The van der Waals surface area contributed by atoms with Gasteiger partial charge >= 0.3 is 0 Å². The molecule has 0 radical (unpaired) electrons. The Hall–Kier alpha value is -3.51. The summed E-state index contributed by atoms with van der Waals surface area (Å²) in [4.78, 5) is 12.5. The SMILES string of the molecule is COc1ccc(C(C#N)NC(=O)c2cccc(CC#N)c2)c(OC)c1. The molecule has 0 aliphatic carbocycles. The Morgan fingerprint density at radius 3 is 2.60 bits per heavy atom. The van der Waals surface area contributed by atoms with Crippen LogP contribution in [0, 0.1) is 22.7 Å². The first-order valence-electron chi connectivity index (χ1n) is 7.51. The van der Waals surface area contributed by atoms with Gasteiger partial charge in [0, 0.05) is 17.2 Å². The summed E-state index contributed by atoms with van der Waals surface area (Å²) >= 11 is 0. The molecule has 0 saturated heterocycles. The number of amides is 1. The van der Waals surface area contributed by atoms with Gasteiger partial charge in [0.05, 0.1) is 32.8 Å². The van der Waals surface area contributed by atoms with E-state index in [1.54, 1.807) is 42.5 Å². The summed E-state index contributed by atoms with van der Waals surface area (Å²) in [5.41, 5.74) is 1.67. The number of carbonyl (C=O) groups is 1. The van der Waals surface area contributed by atoms with Crippen LogP contribution in [0.5, 0.6) is 11.5 Å². The molecule has 1 unspecified atom stereocenters. The maximum absolute atomic E-state index is 12.5. The Kier molecular flexibility index (Phi) is 5.97. The fourth-order valence-corrected chi connectivity index (χ4v) is 2.36. The number of carbonyl (C=O) groups excluding carboxylic acids is 1. The van der Waals surface area contributed by atoms with Gasteiger partial charge in [-0.2, -0.15) is 10.5 Å². The lowest BCUT2D eigenvalue weighted by Gasteiger charge is -2.16. The molecule has 6 nitrogen and oxygen atoms in total. The minimum Gasteiger partial charge on any atom is -0.497 e. The number of hydrogen-bond donors (Lipinski definition) is 1. The number of methoxy groups -OCH3 is 2. The highest BCUT2D eigenvalue weighted by Crippen LogP contribution is 2.29. The van der Waals surface area contributed by atoms with Crippen LogP contribution in [0.25, 0.3) is 0 Å². The van der Waals surface area contributed by atoms with E-state index >= 15 is 0 Å². The predicted octanol–water partition coefficient (Wildman–Crippen LogP) is 2.76. The van der Waals surface area contributed by atoms with Gasteiger partial charge in [0.1, 0.15) is 17.5 Å². The van der Waals surface area contributed by atoms with Gasteiger partial charge < -0.3 is 14.8 Å². The van der Waals surface area contributed by atoms with E-state index in [9.17, 15) is 10.1 Å². The average molecular weight is 335 g/mol. The highest BCUT2D eigenvalue weighted by atomic mass is 16.5. The molecule has 0 aliphatic rings. The third-order valence-corrected chi connectivity index (χ3v) is 3.63. The molecular formula is C19H17N3O3. The zero-order chi connectivity index (χ0) is 18.2. The van der Waals surface area contributed by atoms with Gasteiger partial charge in [0.2, 0.25) is 0 Å². The predicted molar refractivity (Wildman–Crippen MR) is 91.1 cm³/mol. The van der Waals surface area contributed by atoms with Crippen molar-refractivity contribution in [3.05, 3.63) is 59.2 Å². The maximum Gasteiger partial charge on any atom is 0.252 e. The van der Waals surface area contributed by atoms with Crippen molar-refractivity contribution in [2.24, 2.45) is 0 Å². The Morgan fingerprint density at radius 2 is 1.96 bits per heavy atom. The Morgan fingerprint density at radius 1 is 1.16 bits per heavy atom. The molecule has 0 saturated carbocycles. The lowest BCUT2D eigenvalue weighted by atomic mass is 10.0. The number of nitriles is 2. The first-order chi connectivity index (χ1) is 12.1. The van der Waals surface area contributed by atoms with Crippen molar-refractivity contribution in [3.8, 4) is 23.6 Å². The van der Waals surface area contributed by atoms with Crippen molar-refractivity contribution in [2.75, 3.05) is 14.2 Å². The molecule has 0 aromatic heterocycles. The Bertz CT molecular complexity index is 850. The van der Waals surface area contributed by atoms with Crippen LogP contribution >= 0.6 is 0 Å². The van der Waals surface area contributed by atoms with Crippen molar-refractivity contribution in [1.82, 2.24) is 5.32 Å². The number of nitrogens with one attached hydrogen (secondary N) is 1. The summed E-state index contributed by atoms with van der Waals surface area (Å²) in [6.45, 7) is 0. The fourth-order valence-electron chi connectivity index (χ4n) is 2.36. The molecule has 2 aromatic rings. The molecule has 2 rings (SSSR count). The van der Waals surface area contributed by atoms with Crippen LogP contribution < -0.4 is 14.8 Å². The number of benzene rings is 2. The van der Waals surface area contributed by atoms with Gasteiger partial charge in [0.25, 0.3) is 5.91 Å². The monoisotopic (exact) mass is 335 g/mol. The minimum atomic E-state index is -0.882. The van der Waals surface area contributed by atoms with Gasteiger partial charge in [-0.3, -0.25) is 4.79 Å². The first-order valence-corrected chi connectivity index (χ1v) is 7.51. The first kappa shape index (κ1) is 17.8. The molecule has 2 aromatic carbocycles. The number of ether oxygens (including phenoxy) is 2. The highest BCUT2D eigenvalue weighted by Gasteiger charge is 2.19. The molecule has 0 fully saturated rings. The summed E-state index contributed by atoms with van der Waals surface area (Å²) in [5.74, 6) is 0.640. The number of rotatable bonds is 6. The van der Waals surface area contributed by atoms with E-state index in [-0.39, 0.29) is 6.42 Å². The summed E-state index contributed by atoms with van der Waals surface area (Å²) in [6.07, 6.45) is 0.217. The Balaban J connectivity index is 2.25. The highest BCUT2D eigenvalue weighted by molar-refractivity contribution is 5.94. The topological polar surface area (TPSA) is 95.1 Å². The van der Waals surface area contributed by atoms with E-state index in [1.165, 1.54) is 14.2 Å².